The molecule has 1 heterocycles. The maximum absolute atomic E-state index is 4.43. The minimum atomic E-state index is 0.960. The Kier molecular flexibility index (Phi) is 3.87. The van der Waals surface area contributed by atoms with E-state index < -0.39 is 0 Å². The van der Waals surface area contributed by atoms with Crippen LogP contribution in [-0.4, -0.2) is 12.3 Å². The molecular weight excluding hydrogens is 170 g/mol. The van der Waals surface area contributed by atoms with Crippen LogP contribution in [0, 0.1) is 6.92 Å². The lowest BCUT2D eigenvalue weighted by Crippen LogP contribution is -2.09. The molecule has 1 aliphatic heterocycles. The monoisotopic (exact) mass is 189 g/mol. The maximum Gasteiger partial charge on any atom is 0.0433 e. The Morgan fingerprint density at radius 1 is 1.14 bits per heavy atom. The minimum absolute atomic E-state index is 0.960. The third-order valence-corrected chi connectivity index (χ3v) is 2.39. The summed E-state index contributed by atoms with van der Waals surface area (Å²) < 4.78 is 0. The zero-order valence-electron chi connectivity index (χ0n) is 9.59. The minimum Gasteiger partial charge on any atom is -0.289 e. The van der Waals surface area contributed by atoms with Crippen LogP contribution in [0.1, 0.15) is 37.5 Å². The molecule has 0 radical (unpaired) electrons. The summed E-state index contributed by atoms with van der Waals surface area (Å²) in [6.45, 7) is 9.18. The molecule has 0 aromatic heterocycles. The van der Waals surface area contributed by atoms with Gasteiger partial charge in [0.1, 0.15) is 0 Å². The number of aliphatic imine (C=N–C) groups is 1. The summed E-state index contributed by atoms with van der Waals surface area (Å²) in [5.41, 5.74) is 5.32. The van der Waals surface area contributed by atoms with Crippen LogP contribution < -0.4 is 0 Å². The molecule has 0 N–H and O–H groups in total. The molecule has 1 heteroatoms. The number of hydrogen-bond acceptors (Lipinski definition) is 1. The topological polar surface area (TPSA) is 12.4 Å². The molecular formula is C13H19N. The summed E-state index contributed by atoms with van der Waals surface area (Å²) in [5, 5.41) is 0. The predicted octanol–water partition coefficient (Wildman–Crippen LogP) is 3.39. The molecule has 2 rings (SSSR count). The van der Waals surface area contributed by atoms with Gasteiger partial charge in [0.15, 0.2) is 0 Å². The van der Waals surface area contributed by atoms with E-state index in [-0.39, 0.29) is 0 Å². The van der Waals surface area contributed by atoms with E-state index in [0.29, 0.717) is 0 Å². The molecule has 0 unspecified atom stereocenters. The highest BCUT2D eigenvalue weighted by molar-refractivity contribution is 6.00. The fourth-order valence-corrected chi connectivity index (χ4v) is 1.67. The van der Waals surface area contributed by atoms with Gasteiger partial charge in [-0.2, -0.15) is 0 Å². The zero-order chi connectivity index (χ0) is 10.6. The molecule has 1 aromatic rings. The molecule has 0 saturated heterocycles. The van der Waals surface area contributed by atoms with Gasteiger partial charge in [-0.15, -0.1) is 0 Å². The smallest absolute Gasteiger partial charge is 0.0433 e. The first-order valence-corrected chi connectivity index (χ1v) is 5.38. The summed E-state index contributed by atoms with van der Waals surface area (Å²) in [4.78, 5) is 4.43. The second-order valence-corrected chi connectivity index (χ2v) is 3.38. The van der Waals surface area contributed by atoms with Crippen LogP contribution in [0.5, 0.6) is 0 Å². The van der Waals surface area contributed by atoms with Crippen LogP contribution in [0.4, 0.5) is 0 Å². The van der Waals surface area contributed by atoms with Gasteiger partial charge in [-0.05, 0) is 37.5 Å². The van der Waals surface area contributed by atoms with E-state index in [1.54, 1.807) is 0 Å². The highest BCUT2D eigenvalue weighted by Crippen LogP contribution is 2.17. The number of fused-ring (bicyclic) bond motifs is 1. The van der Waals surface area contributed by atoms with Crippen molar-refractivity contribution in [3.63, 3.8) is 0 Å². The Morgan fingerprint density at radius 2 is 1.86 bits per heavy atom. The van der Waals surface area contributed by atoms with E-state index in [4.69, 9.17) is 0 Å². The first-order valence-electron chi connectivity index (χ1n) is 5.38. The molecule has 14 heavy (non-hydrogen) atoms. The molecule has 1 aliphatic rings. The van der Waals surface area contributed by atoms with Crippen molar-refractivity contribution in [3.05, 3.63) is 34.9 Å². The van der Waals surface area contributed by atoms with Crippen molar-refractivity contribution in [1.29, 1.82) is 0 Å². The number of rotatable bonds is 0. The molecule has 0 spiro atoms. The van der Waals surface area contributed by atoms with Crippen molar-refractivity contribution in [2.24, 2.45) is 4.99 Å². The van der Waals surface area contributed by atoms with E-state index in [1.165, 1.54) is 22.4 Å². The molecule has 0 fully saturated rings. The summed E-state index contributed by atoms with van der Waals surface area (Å²) in [6, 6.07) is 6.63. The molecule has 0 atom stereocenters. The number of nitrogens with zero attached hydrogens (tertiary/aromatic N) is 1. The van der Waals surface area contributed by atoms with Crippen LogP contribution in [0.3, 0.4) is 0 Å². The lowest BCUT2D eigenvalue weighted by molar-refractivity contribution is 0.940. The summed E-state index contributed by atoms with van der Waals surface area (Å²) in [6.07, 6.45) is 1.10. The largest absolute Gasteiger partial charge is 0.289 e. The van der Waals surface area contributed by atoms with Crippen molar-refractivity contribution in [1.82, 2.24) is 0 Å². The van der Waals surface area contributed by atoms with Gasteiger partial charge in [0, 0.05) is 12.3 Å². The first kappa shape index (κ1) is 11.0. The van der Waals surface area contributed by atoms with Crippen LogP contribution in [0.15, 0.2) is 23.2 Å². The molecule has 0 saturated carbocycles. The standard InChI is InChI=1S/C11H13N.C2H6/c1-8-3-4-10-5-6-12-9(2)11(10)7-8;1-2/h3-4,7H,5-6H2,1-2H3;1-2H3. The predicted molar refractivity (Wildman–Crippen MR) is 63.3 cm³/mol. The van der Waals surface area contributed by atoms with Crippen LogP contribution in [0.25, 0.3) is 0 Å². The molecule has 0 aliphatic carbocycles. The van der Waals surface area contributed by atoms with E-state index in [2.05, 4.69) is 37.0 Å². The Labute approximate surface area is 86.9 Å². The van der Waals surface area contributed by atoms with Gasteiger partial charge in [-0.25, -0.2) is 0 Å². The lowest BCUT2D eigenvalue weighted by Gasteiger charge is -2.14. The highest BCUT2D eigenvalue weighted by Gasteiger charge is 2.09. The van der Waals surface area contributed by atoms with Crippen molar-refractivity contribution in [3.8, 4) is 0 Å². The third kappa shape index (κ3) is 2.22. The van der Waals surface area contributed by atoms with E-state index >= 15 is 0 Å². The quantitative estimate of drug-likeness (QED) is 0.593. The molecule has 76 valence electrons. The Hall–Kier alpha value is -1.11. The fourth-order valence-electron chi connectivity index (χ4n) is 1.67. The van der Waals surface area contributed by atoms with Crippen LogP contribution >= 0.6 is 0 Å². The first-order chi connectivity index (χ1) is 6.77. The second-order valence-electron chi connectivity index (χ2n) is 3.38. The van der Waals surface area contributed by atoms with Gasteiger partial charge < -0.3 is 0 Å². The van der Waals surface area contributed by atoms with Crippen LogP contribution in [0.2, 0.25) is 0 Å². The molecule has 1 aromatic carbocycles. The number of benzene rings is 1. The number of hydrogen-bond donors (Lipinski definition) is 0. The van der Waals surface area contributed by atoms with Crippen molar-refractivity contribution < 1.29 is 0 Å². The van der Waals surface area contributed by atoms with Crippen molar-refractivity contribution >= 4 is 5.71 Å². The summed E-state index contributed by atoms with van der Waals surface area (Å²) >= 11 is 0. The van der Waals surface area contributed by atoms with E-state index in [0.717, 1.165) is 13.0 Å². The maximum atomic E-state index is 4.43. The Balaban J connectivity index is 0.000000461. The Bertz CT molecular complexity index is 337. The van der Waals surface area contributed by atoms with Crippen LogP contribution in [-0.2, 0) is 6.42 Å². The summed E-state index contributed by atoms with van der Waals surface area (Å²) in [5.74, 6) is 0. The van der Waals surface area contributed by atoms with E-state index in [9.17, 15) is 0 Å². The molecule has 0 bridgehead atoms. The van der Waals surface area contributed by atoms with Crippen molar-refractivity contribution in [2.75, 3.05) is 6.54 Å². The second kappa shape index (κ2) is 4.94. The fraction of sp³-hybridized carbons (Fsp3) is 0.462. The van der Waals surface area contributed by atoms with Gasteiger partial charge in [-0.1, -0.05) is 31.5 Å². The van der Waals surface area contributed by atoms with E-state index in [1.807, 2.05) is 13.8 Å². The SMILES string of the molecule is CC.CC1=NCCc2ccc(C)cc21. The van der Waals surface area contributed by atoms with Gasteiger partial charge in [0.05, 0.1) is 0 Å². The van der Waals surface area contributed by atoms with Gasteiger partial charge in [0.2, 0.25) is 0 Å². The van der Waals surface area contributed by atoms with Gasteiger partial charge >= 0.3 is 0 Å². The normalized spacial score (nSPS) is 13.6. The third-order valence-electron chi connectivity index (χ3n) is 2.39. The Morgan fingerprint density at radius 3 is 2.57 bits per heavy atom. The highest BCUT2D eigenvalue weighted by atomic mass is 14.7. The lowest BCUT2D eigenvalue weighted by atomic mass is 9.97. The average molecular weight is 189 g/mol. The molecule has 0 amide bonds. The number of aryl methyl sites for hydroxylation is 1. The van der Waals surface area contributed by atoms with Gasteiger partial charge in [0.25, 0.3) is 0 Å². The van der Waals surface area contributed by atoms with Crippen molar-refractivity contribution in [2.45, 2.75) is 34.1 Å². The van der Waals surface area contributed by atoms with Gasteiger partial charge in [-0.3, -0.25) is 4.99 Å². The summed E-state index contributed by atoms with van der Waals surface area (Å²) in [7, 11) is 0. The average Bonchev–Trinajstić information content (AvgIpc) is 2.22. The zero-order valence-corrected chi connectivity index (χ0v) is 9.59. The molecule has 1 nitrogen and oxygen atoms in total.